The Morgan fingerprint density at radius 3 is 2.26 bits per heavy atom. The van der Waals surface area contributed by atoms with Crippen molar-refractivity contribution in [2.24, 2.45) is 0 Å². The summed E-state index contributed by atoms with van der Waals surface area (Å²) in [4.78, 5) is 20.5. The predicted molar refractivity (Wildman–Crippen MR) is 106 cm³/mol. The molecular weight excluding hydrogens is 334 g/mol. The summed E-state index contributed by atoms with van der Waals surface area (Å²) in [6.07, 6.45) is 3.73. The fraction of sp³-hybridized carbons (Fsp3) is 0.217. The van der Waals surface area contributed by atoms with E-state index < -0.39 is 0 Å². The molecule has 27 heavy (non-hydrogen) atoms. The van der Waals surface area contributed by atoms with Crippen molar-refractivity contribution in [2.45, 2.75) is 6.54 Å². The number of carbonyl (C=O) groups excluding carboxylic acids is 1. The average molecular weight is 358 g/mol. The van der Waals surface area contributed by atoms with Crippen LogP contribution in [0.4, 0.5) is 0 Å². The molecule has 0 saturated carbocycles. The van der Waals surface area contributed by atoms with Gasteiger partial charge in [0.2, 0.25) is 0 Å². The summed E-state index contributed by atoms with van der Waals surface area (Å²) in [7, 11) is 0. The number of quaternary nitrogens is 1. The number of hydrogen-bond acceptors (Lipinski definition) is 2. The molecule has 0 spiro atoms. The Hall–Kier alpha value is -2.98. The highest BCUT2D eigenvalue weighted by Crippen LogP contribution is 2.19. The van der Waals surface area contributed by atoms with Crippen molar-refractivity contribution in [2.75, 3.05) is 26.2 Å². The second-order valence-electron chi connectivity index (χ2n) is 7.02. The van der Waals surface area contributed by atoms with Crippen molar-refractivity contribution in [1.29, 1.82) is 0 Å². The molecule has 2 aromatic carbocycles. The summed E-state index contributed by atoms with van der Waals surface area (Å²) in [6.45, 7) is 4.52. The van der Waals surface area contributed by atoms with Crippen molar-refractivity contribution in [3.63, 3.8) is 0 Å². The van der Waals surface area contributed by atoms with E-state index in [2.05, 4.69) is 23.2 Å². The predicted octanol–water partition coefficient (Wildman–Crippen LogP) is 2.29. The van der Waals surface area contributed by atoms with Gasteiger partial charge in [0.05, 0.1) is 26.2 Å². The lowest BCUT2D eigenvalue weighted by Crippen LogP contribution is -3.13. The SMILES string of the molecule is O=C(c1ccc(-c2ccccc2)cc1)N1CC[NH+](Cc2cccnc2)CC1. The Kier molecular flexibility index (Phi) is 5.26. The van der Waals surface area contributed by atoms with E-state index in [0.717, 1.165) is 43.9 Å². The number of hydrogen-bond donors (Lipinski definition) is 1. The zero-order chi connectivity index (χ0) is 18.5. The van der Waals surface area contributed by atoms with E-state index in [0.29, 0.717) is 0 Å². The molecule has 0 atom stereocenters. The minimum Gasteiger partial charge on any atom is -0.328 e. The lowest BCUT2D eigenvalue weighted by molar-refractivity contribution is -0.917. The molecule has 4 nitrogen and oxygen atoms in total. The van der Waals surface area contributed by atoms with Crippen LogP contribution < -0.4 is 4.90 Å². The third-order valence-corrected chi connectivity index (χ3v) is 5.17. The number of pyridine rings is 1. The van der Waals surface area contributed by atoms with E-state index in [-0.39, 0.29) is 5.91 Å². The van der Waals surface area contributed by atoms with Crippen molar-refractivity contribution in [3.8, 4) is 11.1 Å². The minimum atomic E-state index is 0.134. The van der Waals surface area contributed by atoms with Gasteiger partial charge in [-0.3, -0.25) is 9.78 Å². The van der Waals surface area contributed by atoms with Crippen LogP contribution in [0.3, 0.4) is 0 Å². The van der Waals surface area contributed by atoms with Crippen molar-refractivity contribution in [3.05, 3.63) is 90.3 Å². The van der Waals surface area contributed by atoms with Crippen LogP contribution >= 0.6 is 0 Å². The highest BCUT2D eigenvalue weighted by Gasteiger charge is 2.24. The third kappa shape index (κ3) is 4.23. The number of piperazine rings is 1. The topological polar surface area (TPSA) is 37.6 Å². The molecule has 1 saturated heterocycles. The second-order valence-corrected chi connectivity index (χ2v) is 7.02. The quantitative estimate of drug-likeness (QED) is 0.777. The van der Waals surface area contributed by atoms with Gasteiger partial charge < -0.3 is 9.80 Å². The van der Waals surface area contributed by atoms with Gasteiger partial charge in [0, 0.05) is 23.5 Å². The van der Waals surface area contributed by atoms with E-state index in [1.165, 1.54) is 16.0 Å². The zero-order valence-electron chi connectivity index (χ0n) is 15.3. The summed E-state index contributed by atoms with van der Waals surface area (Å²) in [5.41, 5.74) is 4.33. The van der Waals surface area contributed by atoms with Gasteiger partial charge in [-0.1, -0.05) is 48.5 Å². The van der Waals surface area contributed by atoms with Gasteiger partial charge >= 0.3 is 0 Å². The lowest BCUT2D eigenvalue weighted by Gasteiger charge is -2.32. The van der Waals surface area contributed by atoms with Gasteiger partial charge in [0.15, 0.2) is 0 Å². The van der Waals surface area contributed by atoms with Crippen molar-refractivity contribution in [1.82, 2.24) is 9.88 Å². The van der Waals surface area contributed by atoms with Crippen LogP contribution in [0.2, 0.25) is 0 Å². The van der Waals surface area contributed by atoms with Gasteiger partial charge in [0.1, 0.15) is 6.54 Å². The third-order valence-electron chi connectivity index (χ3n) is 5.17. The number of amides is 1. The highest BCUT2D eigenvalue weighted by molar-refractivity contribution is 5.94. The van der Waals surface area contributed by atoms with Gasteiger partial charge in [-0.15, -0.1) is 0 Å². The molecule has 1 aliphatic heterocycles. The maximum Gasteiger partial charge on any atom is 0.254 e. The number of nitrogens with one attached hydrogen (secondary N) is 1. The van der Waals surface area contributed by atoms with Crippen LogP contribution in [0.25, 0.3) is 11.1 Å². The molecule has 3 aromatic rings. The molecule has 1 aliphatic rings. The number of carbonyl (C=O) groups is 1. The van der Waals surface area contributed by atoms with Crippen LogP contribution in [0, 0.1) is 0 Å². The van der Waals surface area contributed by atoms with Crippen LogP contribution in [0.15, 0.2) is 79.1 Å². The Bertz CT molecular complexity index is 871. The molecule has 0 bridgehead atoms. The molecule has 4 heteroatoms. The molecule has 4 rings (SSSR count). The monoisotopic (exact) mass is 358 g/mol. The van der Waals surface area contributed by atoms with Gasteiger partial charge in [-0.05, 0) is 29.3 Å². The Balaban J connectivity index is 1.35. The number of nitrogens with zero attached hydrogens (tertiary/aromatic N) is 2. The molecule has 0 radical (unpaired) electrons. The lowest BCUT2D eigenvalue weighted by atomic mass is 10.0. The van der Waals surface area contributed by atoms with Gasteiger partial charge in [-0.25, -0.2) is 0 Å². The fourth-order valence-corrected chi connectivity index (χ4v) is 3.61. The van der Waals surface area contributed by atoms with Gasteiger partial charge in [0.25, 0.3) is 5.91 Å². The maximum absolute atomic E-state index is 12.8. The molecule has 1 amide bonds. The molecule has 1 aromatic heterocycles. The summed E-state index contributed by atoms with van der Waals surface area (Å²) in [5, 5.41) is 0. The second kappa shape index (κ2) is 8.14. The molecule has 0 aliphatic carbocycles. The molecule has 1 fully saturated rings. The average Bonchev–Trinajstić information content (AvgIpc) is 2.75. The van der Waals surface area contributed by atoms with Crippen LogP contribution in [-0.4, -0.2) is 42.0 Å². The normalized spacial score (nSPS) is 14.9. The molecule has 0 unspecified atom stereocenters. The Labute approximate surface area is 160 Å². The summed E-state index contributed by atoms with van der Waals surface area (Å²) in [6, 6.07) is 22.3. The fourth-order valence-electron chi connectivity index (χ4n) is 3.61. The van der Waals surface area contributed by atoms with Crippen LogP contribution in [0.1, 0.15) is 15.9 Å². The van der Waals surface area contributed by atoms with Crippen LogP contribution in [0.5, 0.6) is 0 Å². The highest BCUT2D eigenvalue weighted by atomic mass is 16.2. The first-order chi connectivity index (χ1) is 13.3. The van der Waals surface area contributed by atoms with E-state index in [9.17, 15) is 4.79 Å². The summed E-state index contributed by atoms with van der Waals surface area (Å²) in [5.74, 6) is 0.134. The molecular formula is C23H24N3O+. The van der Waals surface area contributed by atoms with Crippen molar-refractivity contribution < 1.29 is 9.69 Å². The van der Waals surface area contributed by atoms with E-state index >= 15 is 0 Å². The molecule has 1 N–H and O–H groups in total. The first-order valence-electron chi connectivity index (χ1n) is 9.47. The smallest absolute Gasteiger partial charge is 0.254 e. The molecule has 136 valence electrons. The standard InChI is InChI=1S/C23H23N3O/c27-23(22-10-8-21(9-11-22)20-6-2-1-3-7-20)26-15-13-25(14-16-26)18-19-5-4-12-24-17-19/h1-12,17H,13-16,18H2/p+1. The largest absolute Gasteiger partial charge is 0.328 e. The van der Waals surface area contributed by atoms with Gasteiger partial charge in [-0.2, -0.15) is 0 Å². The maximum atomic E-state index is 12.8. The first kappa shape index (κ1) is 17.4. The minimum absolute atomic E-state index is 0.134. The van der Waals surface area contributed by atoms with Crippen molar-refractivity contribution >= 4 is 5.91 Å². The van der Waals surface area contributed by atoms with E-state index in [1.807, 2.05) is 59.6 Å². The zero-order valence-corrected chi connectivity index (χ0v) is 15.3. The molecule has 2 heterocycles. The van der Waals surface area contributed by atoms with E-state index in [1.54, 1.807) is 6.20 Å². The van der Waals surface area contributed by atoms with E-state index in [4.69, 9.17) is 0 Å². The van der Waals surface area contributed by atoms with Crippen LogP contribution in [-0.2, 0) is 6.54 Å². The summed E-state index contributed by atoms with van der Waals surface area (Å²) >= 11 is 0. The Morgan fingerprint density at radius 1 is 0.889 bits per heavy atom. The number of aromatic nitrogens is 1. The first-order valence-corrected chi connectivity index (χ1v) is 9.47. The number of benzene rings is 2. The summed E-state index contributed by atoms with van der Waals surface area (Å²) < 4.78 is 0. The number of rotatable bonds is 4. The Morgan fingerprint density at radius 2 is 1.59 bits per heavy atom.